The molecule has 0 saturated heterocycles. The third kappa shape index (κ3) is 5.57. The normalized spacial score (nSPS) is 14.4. The molecule has 1 unspecified atom stereocenters. The first-order chi connectivity index (χ1) is 15.4. The second-order valence-corrected chi connectivity index (χ2v) is 8.90. The van der Waals surface area contributed by atoms with Crippen molar-refractivity contribution in [2.45, 2.75) is 43.9 Å². The van der Waals surface area contributed by atoms with Gasteiger partial charge in [-0.15, -0.1) is 0 Å². The number of alkyl halides is 3. The Morgan fingerprint density at radius 1 is 0.970 bits per heavy atom. The van der Waals surface area contributed by atoms with Gasteiger partial charge in [0.15, 0.2) is 5.60 Å². The van der Waals surface area contributed by atoms with Crippen LogP contribution in [0.3, 0.4) is 0 Å². The van der Waals surface area contributed by atoms with Crippen LogP contribution < -0.4 is 0 Å². The lowest BCUT2D eigenvalue weighted by Crippen LogP contribution is -2.50. The van der Waals surface area contributed by atoms with E-state index in [1.165, 1.54) is 12.1 Å². The average molecular weight is 456 g/mol. The number of benzene rings is 2. The summed E-state index contributed by atoms with van der Waals surface area (Å²) in [6.45, 7) is 6.76. The van der Waals surface area contributed by atoms with E-state index >= 15 is 0 Å². The van der Waals surface area contributed by atoms with Crippen LogP contribution >= 0.6 is 0 Å². The summed E-state index contributed by atoms with van der Waals surface area (Å²) in [6, 6.07) is 17.4. The minimum absolute atomic E-state index is 0.110. The van der Waals surface area contributed by atoms with Crippen LogP contribution in [0.2, 0.25) is 0 Å². The molecular formula is C27H28F3NO2. The summed E-state index contributed by atoms with van der Waals surface area (Å²) in [5.41, 5.74) is -1.32. The van der Waals surface area contributed by atoms with Crippen molar-refractivity contribution in [3.63, 3.8) is 0 Å². The highest BCUT2D eigenvalue weighted by molar-refractivity contribution is 5.66. The van der Waals surface area contributed by atoms with E-state index in [1.807, 2.05) is 30.3 Å². The number of hydrogen-bond acceptors (Lipinski definition) is 2. The van der Waals surface area contributed by atoms with Gasteiger partial charge in [0.25, 0.3) is 0 Å². The van der Waals surface area contributed by atoms with Gasteiger partial charge >= 0.3 is 6.18 Å². The van der Waals surface area contributed by atoms with Crippen molar-refractivity contribution in [3.05, 3.63) is 96.3 Å². The lowest BCUT2D eigenvalue weighted by molar-refractivity contribution is -0.266. The zero-order valence-corrected chi connectivity index (χ0v) is 18.7. The van der Waals surface area contributed by atoms with Crippen molar-refractivity contribution in [3.8, 4) is 16.9 Å². The fourth-order valence-electron chi connectivity index (χ4n) is 4.12. The molecule has 1 aromatic heterocycles. The minimum atomic E-state index is -4.88. The molecule has 0 fully saturated rings. The molecule has 1 atom stereocenters. The Balaban J connectivity index is 1.95. The van der Waals surface area contributed by atoms with Crippen molar-refractivity contribution in [1.29, 1.82) is 0 Å². The van der Waals surface area contributed by atoms with E-state index in [2.05, 4.69) is 11.6 Å². The summed E-state index contributed by atoms with van der Waals surface area (Å²) < 4.78 is 42.4. The summed E-state index contributed by atoms with van der Waals surface area (Å²) in [5, 5.41) is 21.4. The topological polar surface area (TPSA) is 56.2 Å². The first kappa shape index (κ1) is 24.4. The van der Waals surface area contributed by atoms with Gasteiger partial charge < -0.3 is 15.2 Å². The van der Waals surface area contributed by atoms with Gasteiger partial charge in [0.1, 0.15) is 5.75 Å². The molecule has 3 nitrogen and oxygen atoms in total. The van der Waals surface area contributed by atoms with Gasteiger partial charge in [-0.25, -0.2) is 0 Å². The van der Waals surface area contributed by atoms with Gasteiger partial charge in [0, 0.05) is 23.4 Å². The van der Waals surface area contributed by atoms with Crippen LogP contribution in [0.25, 0.3) is 17.2 Å². The Morgan fingerprint density at radius 2 is 1.67 bits per heavy atom. The number of nitrogens with one attached hydrogen (secondary N) is 1. The molecule has 3 N–H and O–H groups in total. The van der Waals surface area contributed by atoms with Crippen molar-refractivity contribution >= 4 is 6.08 Å². The molecule has 2 aromatic carbocycles. The highest BCUT2D eigenvalue weighted by atomic mass is 19.4. The molecule has 3 rings (SSSR count). The molecule has 0 aliphatic carbocycles. The second-order valence-electron chi connectivity index (χ2n) is 8.90. The predicted molar refractivity (Wildman–Crippen MR) is 126 cm³/mol. The Bertz CT molecular complexity index is 1130. The summed E-state index contributed by atoms with van der Waals surface area (Å²) in [5.74, 6) is -0.110. The van der Waals surface area contributed by atoms with Crippen LogP contribution in [0.5, 0.6) is 5.75 Å². The van der Waals surface area contributed by atoms with E-state index in [9.17, 15) is 23.4 Å². The Hall–Kier alpha value is -3.25. The lowest BCUT2D eigenvalue weighted by atomic mass is 9.72. The number of H-pyrrole nitrogens is 1. The molecule has 0 amide bonds. The van der Waals surface area contributed by atoms with Gasteiger partial charge in [-0.2, -0.15) is 13.2 Å². The van der Waals surface area contributed by atoms with Crippen molar-refractivity contribution in [2.75, 3.05) is 0 Å². The summed E-state index contributed by atoms with van der Waals surface area (Å²) in [7, 11) is 0. The second kappa shape index (κ2) is 9.32. The number of phenols is 1. The largest absolute Gasteiger partial charge is 0.508 e. The highest BCUT2D eigenvalue weighted by Gasteiger charge is 2.56. The minimum Gasteiger partial charge on any atom is -0.508 e. The Kier molecular flexibility index (Phi) is 6.89. The molecule has 1 heterocycles. The lowest BCUT2D eigenvalue weighted by Gasteiger charge is -2.38. The molecule has 0 saturated carbocycles. The number of aromatic nitrogens is 1. The number of phenolic OH excluding ortho intramolecular Hbond substituents is 1. The SMILES string of the molecule is C=C/C=C\c1ccc(CC(O)(CC(C)(C)c2cc(-c3ccccc3)ccc2O)C(F)(F)F)[nH]1. The fourth-order valence-corrected chi connectivity index (χ4v) is 4.12. The Morgan fingerprint density at radius 3 is 2.30 bits per heavy atom. The quantitative estimate of drug-likeness (QED) is 0.328. The van der Waals surface area contributed by atoms with Crippen LogP contribution in [0, 0.1) is 0 Å². The number of halogens is 3. The molecule has 0 aliphatic rings. The molecular weight excluding hydrogens is 427 g/mol. The van der Waals surface area contributed by atoms with Crippen molar-refractivity contribution in [2.24, 2.45) is 0 Å². The smallest absolute Gasteiger partial charge is 0.417 e. The first-order valence-electron chi connectivity index (χ1n) is 10.6. The van der Waals surface area contributed by atoms with Crippen LogP contribution in [0.1, 0.15) is 37.2 Å². The molecule has 0 aliphatic heterocycles. The standard InChI is InChI=1S/C27H28F3NO2/c1-4-5-11-21-13-14-22(31-21)17-26(33,27(28,29)30)18-25(2,3)23-16-20(12-15-24(23)32)19-9-7-6-8-10-19/h4-16,31-33H,1,17-18H2,2-3H3/b11-5-. The van der Waals surface area contributed by atoms with E-state index < -0.39 is 30.0 Å². The predicted octanol–water partition coefficient (Wildman–Crippen LogP) is 6.79. The number of rotatable bonds is 8. The molecule has 33 heavy (non-hydrogen) atoms. The zero-order valence-electron chi connectivity index (χ0n) is 18.7. The Labute approximate surface area is 191 Å². The van der Waals surface area contributed by atoms with E-state index in [-0.39, 0.29) is 11.4 Å². The molecule has 0 bridgehead atoms. The van der Waals surface area contributed by atoms with Gasteiger partial charge in [-0.05, 0) is 53.3 Å². The highest BCUT2D eigenvalue weighted by Crippen LogP contribution is 2.45. The van der Waals surface area contributed by atoms with Crippen LogP contribution in [-0.4, -0.2) is 27.0 Å². The van der Waals surface area contributed by atoms with Crippen molar-refractivity contribution in [1.82, 2.24) is 4.98 Å². The third-order valence-electron chi connectivity index (χ3n) is 5.76. The van der Waals surface area contributed by atoms with Crippen LogP contribution in [0.15, 0.2) is 79.4 Å². The number of hydrogen-bond donors (Lipinski definition) is 3. The van der Waals surface area contributed by atoms with Crippen LogP contribution in [0.4, 0.5) is 13.2 Å². The van der Waals surface area contributed by atoms with E-state index in [0.29, 0.717) is 11.3 Å². The molecule has 0 radical (unpaired) electrons. The number of aromatic amines is 1. The van der Waals surface area contributed by atoms with Gasteiger partial charge in [-0.1, -0.05) is 69.0 Å². The van der Waals surface area contributed by atoms with E-state index in [1.54, 1.807) is 50.3 Å². The van der Waals surface area contributed by atoms with E-state index in [0.717, 1.165) is 11.1 Å². The molecule has 3 aromatic rings. The number of aliphatic hydroxyl groups is 1. The number of aromatic hydroxyl groups is 1. The molecule has 6 heteroatoms. The summed E-state index contributed by atoms with van der Waals surface area (Å²) >= 11 is 0. The number of allylic oxidation sites excluding steroid dienone is 2. The zero-order chi connectivity index (χ0) is 24.3. The van der Waals surface area contributed by atoms with Gasteiger partial charge in [-0.3, -0.25) is 0 Å². The average Bonchev–Trinajstić information content (AvgIpc) is 3.18. The first-order valence-corrected chi connectivity index (χ1v) is 10.6. The maximum atomic E-state index is 14.1. The van der Waals surface area contributed by atoms with Gasteiger partial charge in [0.2, 0.25) is 0 Å². The molecule has 174 valence electrons. The van der Waals surface area contributed by atoms with E-state index in [4.69, 9.17) is 0 Å². The maximum Gasteiger partial charge on any atom is 0.417 e. The maximum absolute atomic E-state index is 14.1. The summed E-state index contributed by atoms with van der Waals surface area (Å²) in [6.07, 6.45) is -1.24. The van der Waals surface area contributed by atoms with Crippen molar-refractivity contribution < 1.29 is 23.4 Å². The monoisotopic (exact) mass is 455 g/mol. The fraction of sp³-hybridized carbons (Fsp3) is 0.259. The van der Waals surface area contributed by atoms with Crippen LogP contribution in [-0.2, 0) is 11.8 Å². The summed E-state index contributed by atoms with van der Waals surface area (Å²) in [4.78, 5) is 2.90. The van der Waals surface area contributed by atoms with Gasteiger partial charge in [0.05, 0.1) is 0 Å². The molecule has 0 spiro atoms. The third-order valence-corrected chi connectivity index (χ3v) is 5.76.